The molecule has 0 bridgehead atoms. The van der Waals surface area contributed by atoms with E-state index in [4.69, 9.17) is 4.74 Å². The first kappa shape index (κ1) is 15.4. The summed E-state index contributed by atoms with van der Waals surface area (Å²) in [5.74, 6) is 0.906. The van der Waals surface area contributed by atoms with Crippen molar-refractivity contribution in [3.63, 3.8) is 0 Å². The molecule has 1 amide bonds. The Kier molecular flexibility index (Phi) is 3.93. The van der Waals surface area contributed by atoms with Gasteiger partial charge in [-0.1, -0.05) is 6.07 Å². The number of pyridine rings is 1. The minimum Gasteiger partial charge on any atom is -0.487 e. The second-order valence-electron chi connectivity index (χ2n) is 6.09. The zero-order chi connectivity index (χ0) is 17.2. The van der Waals surface area contributed by atoms with Crippen molar-refractivity contribution in [3.05, 3.63) is 70.8 Å². The summed E-state index contributed by atoms with van der Waals surface area (Å²) < 4.78 is 7.18. The van der Waals surface area contributed by atoms with Crippen LogP contribution in [0.2, 0.25) is 0 Å². The molecule has 0 spiro atoms. The molecule has 1 fully saturated rings. The zero-order valence-corrected chi connectivity index (χ0v) is 13.5. The molecule has 1 aliphatic rings. The van der Waals surface area contributed by atoms with Crippen LogP contribution in [0.15, 0.2) is 59.5 Å². The highest BCUT2D eigenvalue weighted by Gasteiger charge is 2.29. The molecule has 6 heteroatoms. The maximum Gasteiger partial charge on any atom is 0.258 e. The van der Waals surface area contributed by atoms with Crippen molar-refractivity contribution in [2.24, 2.45) is 5.92 Å². The first-order chi connectivity index (χ1) is 12.2. The number of nitrogens with zero attached hydrogens (tertiary/aromatic N) is 2. The monoisotopic (exact) mass is 335 g/mol. The topological polar surface area (TPSA) is 72.7 Å². The molecular weight excluding hydrogens is 318 g/mol. The van der Waals surface area contributed by atoms with Crippen LogP contribution < -0.4 is 15.6 Å². The summed E-state index contributed by atoms with van der Waals surface area (Å²) in [6.07, 6.45) is 3.64. The SMILES string of the molecule is O=C(Nc1ccc(OCc2cc(=O)n3ccccc3n2)cc1)C1CC1. The van der Waals surface area contributed by atoms with Crippen LogP contribution in [0.1, 0.15) is 18.5 Å². The van der Waals surface area contributed by atoms with Crippen LogP contribution in [0.5, 0.6) is 5.75 Å². The third-order valence-corrected chi connectivity index (χ3v) is 4.08. The Morgan fingerprint density at radius 2 is 2.00 bits per heavy atom. The van der Waals surface area contributed by atoms with E-state index in [1.807, 2.05) is 6.07 Å². The van der Waals surface area contributed by atoms with Crippen molar-refractivity contribution in [2.45, 2.75) is 19.4 Å². The van der Waals surface area contributed by atoms with Gasteiger partial charge >= 0.3 is 0 Å². The van der Waals surface area contributed by atoms with E-state index in [0.717, 1.165) is 18.5 Å². The van der Waals surface area contributed by atoms with Crippen LogP contribution in [0.25, 0.3) is 5.65 Å². The summed E-state index contributed by atoms with van der Waals surface area (Å²) in [6, 6.07) is 14.1. The minimum atomic E-state index is -0.137. The van der Waals surface area contributed by atoms with E-state index in [-0.39, 0.29) is 24.0 Å². The van der Waals surface area contributed by atoms with Gasteiger partial charge in [-0.05, 0) is 49.2 Å². The highest BCUT2D eigenvalue weighted by Crippen LogP contribution is 2.30. The van der Waals surface area contributed by atoms with Crippen molar-refractivity contribution in [1.29, 1.82) is 0 Å². The fourth-order valence-electron chi connectivity index (χ4n) is 2.56. The number of amides is 1. The molecule has 0 atom stereocenters. The van der Waals surface area contributed by atoms with Gasteiger partial charge in [-0.25, -0.2) is 4.98 Å². The summed E-state index contributed by atoms with van der Waals surface area (Å²) in [5, 5.41) is 2.88. The van der Waals surface area contributed by atoms with E-state index < -0.39 is 0 Å². The third-order valence-electron chi connectivity index (χ3n) is 4.08. The molecule has 1 saturated carbocycles. The van der Waals surface area contributed by atoms with E-state index in [2.05, 4.69) is 10.3 Å². The Morgan fingerprint density at radius 1 is 1.20 bits per heavy atom. The maximum absolute atomic E-state index is 12.0. The lowest BCUT2D eigenvalue weighted by atomic mass is 10.3. The van der Waals surface area contributed by atoms with Crippen LogP contribution in [0, 0.1) is 5.92 Å². The number of fused-ring (bicyclic) bond motifs is 1. The van der Waals surface area contributed by atoms with Gasteiger partial charge in [0.25, 0.3) is 5.56 Å². The molecule has 3 aromatic rings. The molecule has 6 nitrogen and oxygen atoms in total. The molecule has 2 heterocycles. The lowest BCUT2D eigenvalue weighted by molar-refractivity contribution is -0.117. The van der Waals surface area contributed by atoms with E-state index in [0.29, 0.717) is 17.1 Å². The van der Waals surface area contributed by atoms with Gasteiger partial charge in [0.05, 0.1) is 5.69 Å². The standard InChI is InChI=1S/C19H17N3O3/c23-18-11-15(20-17-3-1-2-10-22(17)18)12-25-16-8-6-14(7-9-16)21-19(24)13-4-5-13/h1-3,6-11,13H,4-5,12H2,(H,21,24). The van der Waals surface area contributed by atoms with Gasteiger partial charge < -0.3 is 10.1 Å². The summed E-state index contributed by atoms with van der Waals surface area (Å²) >= 11 is 0. The Labute approximate surface area is 144 Å². The molecule has 0 radical (unpaired) electrons. The van der Waals surface area contributed by atoms with E-state index in [1.165, 1.54) is 10.5 Å². The van der Waals surface area contributed by atoms with Gasteiger partial charge in [0, 0.05) is 23.9 Å². The largest absolute Gasteiger partial charge is 0.487 e. The molecular formula is C19H17N3O3. The molecule has 25 heavy (non-hydrogen) atoms. The van der Waals surface area contributed by atoms with E-state index >= 15 is 0 Å². The van der Waals surface area contributed by atoms with Crippen molar-refractivity contribution < 1.29 is 9.53 Å². The lowest BCUT2D eigenvalue weighted by Gasteiger charge is -2.08. The molecule has 1 N–H and O–H groups in total. The molecule has 1 aromatic carbocycles. The van der Waals surface area contributed by atoms with Crippen molar-refractivity contribution >= 4 is 17.2 Å². The van der Waals surface area contributed by atoms with Crippen LogP contribution >= 0.6 is 0 Å². The van der Waals surface area contributed by atoms with Gasteiger partial charge in [-0.2, -0.15) is 0 Å². The van der Waals surface area contributed by atoms with Gasteiger partial charge in [0.15, 0.2) is 0 Å². The van der Waals surface area contributed by atoms with Gasteiger partial charge in [-0.15, -0.1) is 0 Å². The minimum absolute atomic E-state index is 0.0782. The van der Waals surface area contributed by atoms with Crippen LogP contribution in [0.3, 0.4) is 0 Å². The second-order valence-corrected chi connectivity index (χ2v) is 6.09. The van der Waals surface area contributed by atoms with Crippen LogP contribution in [-0.2, 0) is 11.4 Å². The van der Waals surface area contributed by atoms with Crippen LogP contribution in [-0.4, -0.2) is 15.3 Å². The normalized spacial score (nSPS) is 13.6. The predicted molar refractivity (Wildman–Crippen MR) is 93.6 cm³/mol. The average Bonchev–Trinajstić information content (AvgIpc) is 3.46. The Morgan fingerprint density at radius 3 is 2.76 bits per heavy atom. The van der Waals surface area contributed by atoms with Gasteiger partial charge in [0.1, 0.15) is 18.0 Å². The van der Waals surface area contributed by atoms with Crippen molar-refractivity contribution in [1.82, 2.24) is 9.38 Å². The Bertz CT molecular complexity index is 975. The van der Waals surface area contributed by atoms with E-state index in [1.54, 1.807) is 42.6 Å². The first-order valence-electron chi connectivity index (χ1n) is 8.20. The molecule has 0 aliphatic heterocycles. The fourth-order valence-corrected chi connectivity index (χ4v) is 2.56. The maximum atomic E-state index is 12.0. The number of ether oxygens (including phenoxy) is 1. The lowest BCUT2D eigenvalue weighted by Crippen LogP contribution is -2.16. The molecule has 0 saturated heterocycles. The molecule has 0 unspecified atom stereocenters. The number of anilines is 1. The van der Waals surface area contributed by atoms with Gasteiger partial charge in [-0.3, -0.25) is 14.0 Å². The number of nitrogens with one attached hydrogen (secondary N) is 1. The number of aromatic nitrogens is 2. The Balaban J connectivity index is 1.42. The van der Waals surface area contributed by atoms with Crippen LogP contribution in [0.4, 0.5) is 5.69 Å². The summed E-state index contributed by atoms with van der Waals surface area (Å²) in [7, 11) is 0. The number of carbonyl (C=O) groups is 1. The van der Waals surface area contributed by atoms with Crippen molar-refractivity contribution in [3.8, 4) is 5.75 Å². The molecule has 2 aromatic heterocycles. The number of hydrogen-bond acceptors (Lipinski definition) is 4. The van der Waals surface area contributed by atoms with Crippen molar-refractivity contribution in [2.75, 3.05) is 5.32 Å². The van der Waals surface area contributed by atoms with Gasteiger partial charge in [0.2, 0.25) is 5.91 Å². The summed E-state index contributed by atoms with van der Waals surface area (Å²) in [6.45, 7) is 0.203. The predicted octanol–water partition coefficient (Wildman–Crippen LogP) is 2.62. The average molecular weight is 335 g/mol. The highest BCUT2D eigenvalue weighted by molar-refractivity contribution is 5.94. The number of hydrogen-bond donors (Lipinski definition) is 1. The third kappa shape index (κ3) is 3.52. The molecule has 126 valence electrons. The zero-order valence-electron chi connectivity index (χ0n) is 13.5. The number of carbonyl (C=O) groups excluding carboxylic acids is 1. The Hall–Kier alpha value is -3.15. The number of rotatable bonds is 5. The molecule has 1 aliphatic carbocycles. The second kappa shape index (κ2) is 6.39. The smallest absolute Gasteiger partial charge is 0.258 e. The van der Waals surface area contributed by atoms with E-state index in [9.17, 15) is 9.59 Å². The number of benzene rings is 1. The molecule has 4 rings (SSSR count). The quantitative estimate of drug-likeness (QED) is 0.778. The fraction of sp³-hybridized carbons (Fsp3) is 0.211. The summed E-state index contributed by atoms with van der Waals surface area (Å²) in [5.41, 5.74) is 1.78. The summed E-state index contributed by atoms with van der Waals surface area (Å²) in [4.78, 5) is 28.2. The first-order valence-corrected chi connectivity index (χ1v) is 8.20. The highest BCUT2D eigenvalue weighted by atomic mass is 16.5.